The van der Waals surface area contributed by atoms with Gasteiger partial charge in [0.05, 0.1) is 0 Å². The summed E-state index contributed by atoms with van der Waals surface area (Å²) in [5.74, 6) is -1.23. The zero-order valence-corrected chi connectivity index (χ0v) is 15.5. The van der Waals surface area contributed by atoms with Crippen molar-refractivity contribution in [3.8, 4) is 0 Å². The van der Waals surface area contributed by atoms with E-state index in [1.807, 2.05) is 18.2 Å². The standard InChI is InChI=1S/C21H24N2O4/c1-15(24)22-12-10-18-17(13-22)14-23(20(25)19(18)21(26)27)11-6-5-9-16-7-3-2-4-8-16/h2-4,7-8,14H,5-6,9-13H2,1H3,(H,26,27). The average molecular weight is 368 g/mol. The van der Waals surface area contributed by atoms with E-state index in [0.717, 1.165) is 24.8 Å². The first kappa shape index (κ1) is 18.9. The predicted molar refractivity (Wildman–Crippen MR) is 102 cm³/mol. The van der Waals surface area contributed by atoms with Crippen LogP contribution in [0.25, 0.3) is 0 Å². The van der Waals surface area contributed by atoms with Crippen molar-refractivity contribution in [3.05, 3.63) is 69.1 Å². The Morgan fingerprint density at radius 3 is 2.56 bits per heavy atom. The van der Waals surface area contributed by atoms with Crippen molar-refractivity contribution in [2.24, 2.45) is 0 Å². The maximum atomic E-state index is 12.7. The molecular formula is C21H24N2O4. The lowest BCUT2D eigenvalue weighted by Crippen LogP contribution is -2.38. The Labute approximate surface area is 158 Å². The largest absolute Gasteiger partial charge is 0.477 e. The molecule has 0 saturated carbocycles. The zero-order chi connectivity index (χ0) is 19.4. The Hall–Kier alpha value is -2.89. The van der Waals surface area contributed by atoms with Gasteiger partial charge in [-0.15, -0.1) is 0 Å². The molecule has 1 aliphatic heterocycles. The zero-order valence-electron chi connectivity index (χ0n) is 15.5. The molecule has 2 heterocycles. The van der Waals surface area contributed by atoms with Gasteiger partial charge in [0.1, 0.15) is 5.56 Å². The van der Waals surface area contributed by atoms with E-state index in [0.29, 0.717) is 31.6 Å². The van der Waals surface area contributed by atoms with Gasteiger partial charge >= 0.3 is 5.97 Å². The van der Waals surface area contributed by atoms with Gasteiger partial charge in [-0.2, -0.15) is 0 Å². The molecule has 0 saturated heterocycles. The number of nitrogens with zero attached hydrogens (tertiary/aromatic N) is 2. The Morgan fingerprint density at radius 2 is 1.89 bits per heavy atom. The molecule has 0 bridgehead atoms. The van der Waals surface area contributed by atoms with Crippen LogP contribution >= 0.6 is 0 Å². The number of carbonyl (C=O) groups excluding carboxylic acids is 1. The highest BCUT2D eigenvalue weighted by atomic mass is 16.4. The van der Waals surface area contributed by atoms with Crippen molar-refractivity contribution in [1.29, 1.82) is 0 Å². The van der Waals surface area contributed by atoms with Gasteiger partial charge in [-0.3, -0.25) is 9.59 Å². The number of hydrogen-bond acceptors (Lipinski definition) is 3. The number of rotatable bonds is 6. The monoisotopic (exact) mass is 368 g/mol. The molecule has 3 rings (SSSR count). The van der Waals surface area contributed by atoms with Gasteiger partial charge in [0.15, 0.2) is 0 Å². The molecule has 0 unspecified atom stereocenters. The second-order valence-electron chi connectivity index (χ2n) is 6.94. The van der Waals surface area contributed by atoms with Crippen LogP contribution in [0.2, 0.25) is 0 Å². The number of amides is 1. The van der Waals surface area contributed by atoms with Crippen molar-refractivity contribution in [2.45, 2.75) is 45.7 Å². The maximum Gasteiger partial charge on any atom is 0.341 e. The maximum absolute atomic E-state index is 12.7. The van der Waals surface area contributed by atoms with Crippen LogP contribution in [0.3, 0.4) is 0 Å². The number of carbonyl (C=O) groups is 2. The molecule has 0 fully saturated rings. The third-order valence-corrected chi connectivity index (χ3v) is 5.09. The lowest BCUT2D eigenvalue weighted by molar-refractivity contribution is -0.129. The predicted octanol–water partition coefficient (Wildman–Crippen LogP) is 2.47. The van der Waals surface area contributed by atoms with Crippen LogP contribution in [0.4, 0.5) is 0 Å². The average Bonchev–Trinajstić information content (AvgIpc) is 2.65. The first-order valence-corrected chi connectivity index (χ1v) is 9.25. The minimum atomic E-state index is -1.19. The summed E-state index contributed by atoms with van der Waals surface area (Å²) in [7, 11) is 0. The molecule has 1 N–H and O–H groups in total. The van der Waals surface area contributed by atoms with E-state index < -0.39 is 11.5 Å². The van der Waals surface area contributed by atoms with Crippen LogP contribution in [0.5, 0.6) is 0 Å². The fourth-order valence-corrected chi connectivity index (χ4v) is 3.62. The summed E-state index contributed by atoms with van der Waals surface area (Å²) in [6.07, 6.45) is 4.76. The summed E-state index contributed by atoms with van der Waals surface area (Å²) >= 11 is 0. The van der Waals surface area contributed by atoms with Crippen molar-refractivity contribution in [3.63, 3.8) is 0 Å². The Balaban J connectivity index is 1.77. The smallest absolute Gasteiger partial charge is 0.341 e. The Kier molecular flexibility index (Phi) is 5.74. The van der Waals surface area contributed by atoms with Gasteiger partial charge in [0.2, 0.25) is 5.91 Å². The number of hydrogen-bond donors (Lipinski definition) is 1. The number of aromatic nitrogens is 1. The lowest BCUT2D eigenvalue weighted by atomic mass is 9.96. The number of benzene rings is 1. The highest BCUT2D eigenvalue weighted by molar-refractivity contribution is 5.89. The van der Waals surface area contributed by atoms with E-state index in [4.69, 9.17) is 0 Å². The number of fused-ring (bicyclic) bond motifs is 1. The third-order valence-electron chi connectivity index (χ3n) is 5.09. The highest BCUT2D eigenvalue weighted by Gasteiger charge is 2.26. The van der Waals surface area contributed by atoms with E-state index in [-0.39, 0.29) is 11.5 Å². The molecule has 1 aromatic heterocycles. The molecule has 0 spiro atoms. The van der Waals surface area contributed by atoms with Crippen LogP contribution in [0.1, 0.15) is 46.8 Å². The summed E-state index contributed by atoms with van der Waals surface area (Å²) in [5.41, 5.74) is 2.00. The van der Waals surface area contributed by atoms with Crippen LogP contribution in [0, 0.1) is 0 Å². The SMILES string of the molecule is CC(=O)N1CCc2c(cn(CCCCc3ccccc3)c(=O)c2C(=O)O)C1. The number of carboxylic acid groups (broad SMARTS) is 1. The Bertz CT molecular complexity index is 902. The van der Waals surface area contributed by atoms with Gasteiger partial charge in [-0.05, 0) is 42.4 Å². The first-order valence-electron chi connectivity index (χ1n) is 9.25. The van der Waals surface area contributed by atoms with E-state index >= 15 is 0 Å². The molecule has 6 nitrogen and oxygen atoms in total. The van der Waals surface area contributed by atoms with Crippen LogP contribution < -0.4 is 5.56 Å². The minimum Gasteiger partial charge on any atom is -0.477 e. The lowest BCUT2D eigenvalue weighted by Gasteiger charge is -2.29. The van der Waals surface area contributed by atoms with Crippen molar-refractivity contribution in [2.75, 3.05) is 6.54 Å². The van der Waals surface area contributed by atoms with Crippen molar-refractivity contribution < 1.29 is 14.7 Å². The Morgan fingerprint density at radius 1 is 1.15 bits per heavy atom. The molecule has 0 aliphatic carbocycles. The summed E-state index contributed by atoms with van der Waals surface area (Å²) < 4.78 is 1.50. The van der Waals surface area contributed by atoms with Crippen molar-refractivity contribution >= 4 is 11.9 Å². The number of carboxylic acids is 1. The van der Waals surface area contributed by atoms with Crippen LogP contribution in [0.15, 0.2) is 41.3 Å². The molecule has 1 amide bonds. The first-order chi connectivity index (χ1) is 13.0. The number of unbranched alkanes of at least 4 members (excludes halogenated alkanes) is 1. The van der Waals surface area contributed by atoms with Crippen LogP contribution in [-0.2, 0) is 30.7 Å². The van der Waals surface area contributed by atoms with Gasteiger partial charge < -0.3 is 14.6 Å². The second kappa shape index (κ2) is 8.20. The molecule has 0 radical (unpaired) electrons. The summed E-state index contributed by atoms with van der Waals surface area (Å²) in [5, 5.41) is 9.55. The van der Waals surface area contributed by atoms with Crippen molar-refractivity contribution in [1.82, 2.24) is 9.47 Å². The molecule has 1 aliphatic rings. The quantitative estimate of drug-likeness (QED) is 0.795. The summed E-state index contributed by atoms with van der Waals surface area (Å²) in [4.78, 5) is 37.7. The molecular weight excluding hydrogens is 344 g/mol. The summed E-state index contributed by atoms with van der Waals surface area (Å²) in [6, 6.07) is 10.1. The normalized spacial score (nSPS) is 13.3. The van der Waals surface area contributed by atoms with Gasteiger partial charge in [-0.25, -0.2) is 4.79 Å². The molecule has 2 aromatic rings. The van der Waals surface area contributed by atoms with Crippen LogP contribution in [-0.4, -0.2) is 33.0 Å². The topological polar surface area (TPSA) is 79.6 Å². The number of aryl methyl sites for hydroxylation is 2. The molecule has 1 aromatic carbocycles. The van der Waals surface area contributed by atoms with Gasteiger partial charge in [0, 0.05) is 32.8 Å². The number of pyridine rings is 1. The van der Waals surface area contributed by atoms with Gasteiger partial charge in [0.25, 0.3) is 5.56 Å². The van der Waals surface area contributed by atoms with E-state index in [1.165, 1.54) is 17.1 Å². The minimum absolute atomic E-state index is 0.0434. The molecule has 142 valence electrons. The van der Waals surface area contributed by atoms with E-state index in [9.17, 15) is 19.5 Å². The van der Waals surface area contributed by atoms with Gasteiger partial charge in [-0.1, -0.05) is 30.3 Å². The fourth-order valence-electron chi connectivity index (χ4n) is 3.62. The third kappa shape index (κ3) is 4.27. The fraction of sp³-hybridized carbons (Fsp3) is 0.381. The number of aromatic carboxylic acids is 1. The summed E-state index contributed by atoms with van der Waals surface area (Å²) in [6.45, 7) is 2.78. The molecule has 6 heteroatoms. The second-order valence-corrected chi connectivity index (χ2v) is 6.94. The van der Waals surface area contributed by atoms with E-state index in [1.54, 1.807) is 11.1 Å². The molecule has 27 heavy (non-hydrogen) atoms. The highest BCUT2D eigenvalue weighted by Crippen LogP contribution is 2.21. The molecule has 0 atom stereocenters. The van der Waals surface area contributed by atoms with E-state index in [2.05, 4.69) is 12.1 Å².